The summed E-state index contributed by atoms with van der Waals surface area (Å²) >= 11 is 0. The minimum Gasteiger partial charge on any atom is -0.462 e. The maximum absolute atomic E-state index is 12.7. The molecule has 0 saturated carbocycles. The van der Waals surface area contributed by atoms with Crippen LogP contribution in [0.25, 0.3) is 0 Å². The number of hydrogen-bond donors (Lipinski definition) is 0. The fourth-order valence-electron chi connectivity index (χ4n) is 7.30. The Kier molecular flexibility index (Phi) is 61.4. The smallest absolute Gasteiger partial charge is 0.306 e. The molecule has 0 aliphatic rings. The Balaban J connectivity index is -0.00000411. The topological polar surface area (TPSA) is 78.9 Å². The van der Waals surface area contributed by atoms with E-state index in [1.807, 2.05) is 13.0 Å². The Hall–Kier alpha value is -2.37. The zero-order chi connectivity index (χ0) is 47.0. The molecule has 0 aromatic heterocycles. The van der Waals surface area contributed by atoms with E-state index in [9.17, 15) is 14.4 Å². The highest BCUT2D eigenvalue weighted by molar-refractivity contribution is 5.71. The summed E-state index contributed by atoms with van der Waals surface area (Å²) in [5.41, 5.74) is 0. The molecule has 372 valence electrons. The first-order valence-electron chi connectivity index (χ1n) is 27.2. The SMILES string of the molecule is C=CC.C=CCCCCCCCC(=O)OCC(COC(=O)CCCCCCCCCCCCCCCCC)OC(=O)CCCCCCC/C=C/CCCCCCCC.CCCCC. The maximum atomic E-state index is 12.7. The van der Waals surface area contributed by atoms with Crippen LogP contribution in [-0.2, 0) is 28.6 Å². The molecule has 0 aromatic rings. The Morgan fingerprint density at radius 1 is 0.381 bits per heavy atom. The highest BCUT2D eigenvalue weighted by Crippen LogP contribution is 2.15. The summed E-state index contributed by atoms with van der Waals surface area (Å²) in [6.45, 7) is 17.8. The molecule has 0 radical (unpaired) electrons. The maximum Gasteiger partial charge on any atom is 0.306 e. The average molecular weight is 889 g/mol. The van der Waals surface area contributed by atoms with E-state index in [2.05, 4.69) is 53.0 Å². The number of esters is 3. The molecular formula is C57H108O6. The number of unbranched alkanes of at least 4 members (excludes halogenated alkanes) is 32. The number of carbonyl (C=O) groups is 3. The fraction of sp³-hybridized carbons (Fsp3) is 0.842. The van der Waals surface area contributed by atoms with E-state index in [0.29, 0.717) is 19.3 Å². The van der Waals surface area contributed by atoms with Crippen molar-refractivity contribution in [2.45, 2.75) is 298 Å². The van der Waals surface area contributed by atoms with Gasteiger partial charge in [-0.15, -0.1) is 13.2 Å². The van der Waals surface area contributed by atoms with E-state index >= 15 is 0 Å². The molecule has 0 aromatic carbocycles. The van der Waals surface area contributed by atoms with Crippen LogP contribution in [0.4, 0.5) is 0 Å². The van der Waals surface area contributed by atoms with Gasteiger partial charge in [0.15, 0.2) is 6.10 Å². The second kappa shape index (κ2) is 59.6. The molecule has 0 heterocycles. The molecule has 0 rings (SSSR count). The monoisotopic (exact) mass is 889 g/mol. The number of ether oxygens (including phenoxy) is 3. The van der Waals surface area contributed by atoms with E-state index in [0.717, 1.165) is 83.5 Å². The first-order valence-corrected chi connectivity index (χ1v) is 27.2. The third-order valence-corrected chi connectivity index (χ3v) is 11.3. The summed E-state index contributed by atoms with van der Waals surface area (Å²) in [4.78, 5) is 37.6. The van der Waals surface area contributed by atoms with E-state index in [-0.39, 0.29) is 31.1 Å². The quantitative estimate of drug-likeness (QED) is 0.0262. The highest BCUT2D eigenvalue weighted by atomic mass is 16.6. The molecule has 1 unspecified atom stereocenters. The van der Waals surface area contributed by atoms with Crippen LogP contribution in [0, 0.1) is 0 Å². The van der Waals surface area contributed by atoms with E-state index in [1.165, 1.54) is 154 Å². The molecule has 0 saturated heterocycles. The molecule has 0 aliphatic heterocycles. The van der Waals surface area contributed by atoms with E-state index in [4.69, 9.17) is 14.2 Å². The Morgan fingerprint density at radius 3 is 0.952 bits per heavy atom. The van der Waals surface area contributed by atoms with Gasteiger partial charge in [0.25, 0.3) is 0 Å². The predicted octanol–water partition coefficient (Wildman–Crippen LogP) is 18.6. The van der Waals surface area contributed by atoms with Crippen molar-refractivity contribution in [2.75, 3.05) is 13.2 Å². The van der Waals surface area contributed by atoms with Gasteiger partial charge in [-0.1, -0.05) is 232 Å². The summed E-state index contributed by atoms with van der Waals surface area (Å²) in [6, 6.07) is 0. The standard InChI is InChI=1S/C49H90O6.C5H12.C3H6/c1-4-7-10-13-16-18-20-22-24-26-28-30-33-36-39-42-48(51)54-45-46(44-53-47(50)41-38-35-32-15-12-9-6-3)55-49(52)43-40-37-34-31-29-27-25-23-21-19-17-14-11-8-5-2;1-3-5-4-2;1-3-2/h6,23,25,46H,3-5,7-22,24,26-45H2,1-2H3;3-5H2,1-2H3;3H,1H2,2H3/b25-23+;;. The van der Waals surface area contributed by atoms with Crippen LogP contribution in [0.15, 0.2) is 37.5 Å². The molecule has 6 heteroatoms. The molecule has 0 aliphatic carbocycles. The zero-order valence-electron chi connectivity index (χ0n) is 42.9. The van der Waals surface area contributed by atoms with Crippen molar-refractivity contribution in [3.63, 3.8) is 0 Å². The largest absolute Gasteiger partial charge is 0.462 e. The van der Waals surface area contributed by atoms with E-state index in [1.54, 1.807) is 6.08 Å². The van der Waals surface area contributed by atoms with Crippen LogP contribution in [0.1, 0.15) is 291 Å². The third-order valence-electron chi connectivity index (χ3n) is 11.3. The minimum absolute atomic E-state index is 0.0771. The van der Waals surface area contributed by atoms with Crippen molar-refractivity contribution >= 4 is 17.9 Å². The first-order chi connectivity index (χ1) is 30.9. The minimum atomic E-state index is -0.775. The van der Waals surface area contributed by atoms with Gasteiger partial charge in [-0.3, -0.25) is 14.4 Å². The van der Waals surface area contributed by atoms with Crippen molar-refractivity contribution in [3.05, 3.63) is 37.5 Å². The molecule has 6 nitrogen and oxygen atoms in total. The lowest BCUT2D eigenvalue weighted by Gasteiger charge is -2.18. The fourth-order valence-corrected chi connectivity index (χ4v) is 7.30. The summed E-state index contributed by atoms with van der Waals surface area (Å²) in [7, 11) is 0. The van der Waals surface area contributed by atoms with Gasteiger partial charge in [0.2, 0.25) is 0 Å². The Morgan fingerprint density at radius 2 is 0.651 bits per heavy atom. The Bertz CT molecular complexity index is 972. The van der Waals surface area contributed by atoms with Crippen LogP contribution in [0.2, 0.25) is 0 Å². The van der Waals surface area contributed by atoms with Gasteiger partial charge in [0.05, 0.1) is 0 Å². The average Bonchev–Trinajstić information content (AvgIpc) is 3.27. The van der Waals surface area contributed by atoms with Gasteiger partial charge in [-0.05, 0) is 64.7 Å². The van der Waals surface area contributed by atoms with Crippen LogP contribution >= 0.6 is 0 Å². The molecule has 0 amide bonds. The molecule has 0 fully saturated rings. The summed E-state index contributed by atoms with van der Waals surface area (Å²) < 4.78 is 16.7. The number of hydrogen-bond acceptors (Lipinski definition) is 6. The Labute approximate surface area is 393 Å². The number of allylic oxidation sites excluding steroid dienone is 4. The summed E-state index contributed by atoms with van der Waals surface area (Å²) in [5.74, 6) is -0.902. The van der Waals surface area contributed by atoms with Crippen molar-refractivity contribution in [1.29, 1.82) is 0 Å². The van der Waals surface area contributed by atoms with Crippen LogP contribution in [0.5, 0.6) is 0 Å². The van der Waals surface area contributed by atoms with E-state index < -0.39 is 6.10 Å². The predicted molar refractivity (Wildman–Crippen MR) is 274 cm³/mol. The van der Waals surface area contributed by atoms with Gasteiger partial charge in [0.1, 0.15) is 13.2 Å². The lowest BCUT2D eigenvalue weighted by Crippen LogP contribution is -2.30. The molecule has 0 N–H and O–H groups in total. The van der Waals surface area contributed by atoms with Crippen molar-refractivity contribution in [2.24, 2.45) is 0 Å². The second-order valence-electron chi connectivity index (χ2n) is 17.9. The molecule has 0 spiro atoms. The number of rotatable bonds is 46. The van der Waals surface area contributed by atoms with Crippen molar-refractivity contribution in [1.82, 2.24) is 0 Å². The molecule has 1 atom stereocenters. The normalized spacial score (nSPS) is 11.3. The zero-order valence-corrected chi connectivity index (χ0v) is 42.9. The van der Waals surface area contributed by atoms with Crippen LogP contribution < -0.4 is 0 Å². The molecule has 63 heavy (non-hydrogen) atoms. The van der Waals surface area contributed by atoms with Crippen molar-refractivity contribution < 1.29 is 28.6 Å². The second-order valence-corrected chi connectivity index (χ2v) is 17.9. The van der Waals surface area contributed by atoms with Gasteiger partial charge < -0.3 is 14.2 Å². The summed E-state index contributed by atoms with van der Waals surface area (Å²) in [5, 5.41) is 0. The molecular weight excluding hydrogens is 781 g/mol. The first kappa shape index (κ1) is 64.9. The summed E-state index contributed by atoms with van der Waals surface area (Å²) in [6.07, 6.45) is 53.6. The lowest BCUT2D eigenvalue weighted by atomic mass is 10.0. The molecule has 0 bridgehead atoms. The van der Waals surface area contributed by atoms with Gasteiger partial charge >= 0.3 is 17.9 Å². The third kappa shape index (κ3) is 61.8. The highest BCUT2D eigenvalue weighted by Gasteiger charge is 2.19. The van der Waals surface area contributed by atoms with Crippen LogP contribution in [-0.4, -0.2) is 37.2 Å². The van der Waals surface area contributed by atoms with Crippen molar-refractivity contribution in [3.8, 4) is 0 Å². The lowest BCUT2D eigenvalue weighted by molar-refractivity contribution is -0.167. The van der Waals surface area contributed by atoms with Crippen LogP contribution in [0.3, 0.4) is 0 Å². The van der Waals surface area contributed by atoms with Gasteiger partial charge in [-0.2, -0.15) is 0 Å². The van der Waals surface area contributed by atoms with Gasteiger partial charge in [-0.25, -0.2) is 0 Å². The number of carbonyl (C=O) groups excluding carboxylic acids is 3. The van der Waals surface area contributed by atoms with Gasteiger partial charge in [0, 0.05) is 19.3 Å².